The second-order valence-corrected chi connectivity index (χ2v) is 2.53. The van der Waals surface area contributed by atoms with Gasteiger partial charge in [-0.1, -0.05) is 13.0 Å². The Labute approximate surface area is 66.9 Å². The second kappa shape index (κ2) is 4.91. The number of aliphatic carboxylic acids is 1. The third-order valence-electron chi connectivity index (χ3n) is 1.69. The van der Waals surface area contributed by atoms with E-state index in [-0.39, 0.29) is 5.92 Å². The van der Waals surface area contributed by atoms with E-state index in [2.05, 4.69) is 0 Å². The van der Waals surface area contributed by atoms with Gasteiger partial charge in [0.05, 0.1) is 0 Å². The molecule has 0 aliphatic heterocycles. The minimum atomic E-state index is -0.839. The Morgan fingerprint density at radius 1 is 1.73 bits per heavy atom. The first-order valence-corrected chi connectivity index (χ1v) is 3.73. The van der Waals surface area contributed by atoms with Crippen LogP contribution >= 0.6 is 0 Å². The van der Waals surface area contributed by atoms with E-state index in [4.69, 9.17) is 10.8 Å². The average molecular weight is 157 g/mol. The first-order chi connectivity index (χ1) is 5.13. The van der Waals surface area contributed by atoms with E-state index >= 15 is 0 Å². The van der Waals surface area contributed by atoms with Crippen molar-refractivity contribution in [2.75, 3.05) is 6.54 Å². The first kappa shape index (κ1) is 10.2. The maximum absolute atomic E-state index is 10.5. The summed E-state index contributed by atoms with van der Waals surface area (Å²) in [7, 11) is 0. The highest BCUT2D eigenvalue weighted by molar-refractivity contribution is 5.86. The average Bonchev–Trinajstić information content (AvgIpc) is 1.88. The Hall–Kier alpha value is -0.830. The summed E-state index contributed by atoms with van der Waals surface area (Å²) < 4.78 is 0. The van der Waals surface area contributed by atoms with Crippen LogP contribution in [-0.4, -0.2) is 17.6 Å². The van der Waals surface area contributed by atoms with Gasteiger partial charge in [-0.25, -0.2) is 4.79 Å². The zero-order chi connectivity index (χ0) is 8.85. The van der Waals surface area contributed by atoms with Crippen molar-refractivity contribution in [3.8, 4) is 0 Å². The van der Waals surface area contributed by atoms with Gasteiger partial charge in [-0.05, 0) is 25.8 Å². The molecule has 0 aromatic rings. The van der Waals surface area contributed by atoms with Gasteiger partial charge in [-0.3, -0.25) is 0 Å². The van der Waals surface area contributed by atoms with E-state index in [9.17, 15) is 4.79 Å². The predicted octanol–water partition coefficient (Wildman–Crippen LogP) is 1.00. The molecule has 64 valence electrons. The third-order valence-corrected chi connectivity index (χ3v) is 1.69. The summed E-state index contributed by atoms with van der Waals surface area (Å²) >= 11 is 0. The van der Waals surface area contributed by atoms with Crippen molar-refractivity contribution in [1.82, 2.24) is 0 Å². The molecule has 1 atom stereocenters. The summed E-state index contributed by atoms with van der Waals surface area (Å²) in [6.07, 6.45) is 2.36. The van der Waals surface area contributed by atoms with E-state index < -0.39 is 5.97 Å². The second-order valence-electron chi connectivity index (χ2n) is 2.53. The fourth-order valence-electron chi connectivity index (χ4n) is 1.02. The normalized spacial score (nSPS) is 14.6. The van der Waals surface area contributed by atoms with Crippen molar-refractivity contribution in [3.63, 3.8) is 0 Å². The molecule has 0 aromatic heterocycles. The molecule has 0 rings (SSSR count). The molecule has 0 heterocycles. The molecule has 0 aliphatic rings. The molecule has 0 aromatic carbocycles. The number of nitrogens with two attached hydrogens (primary N) is 1. The van der Waals surface area contributed by atoms with Crippen LogP contribution in [0.4, 0.5) is 0 Å². The van der Waals surface area contributed by atoms with Crippen molar-refractivity contribution in [2.45, 2.75) is 20.3 Å². The highest BCUT2D eigenvalue weighted by atomic mass is 16.4. The zero-order valence-electron chi connectivity index (χ0n) is 7.00. The Balaban J connectivity index is 4.16. The quantitative estimate of drug-likeness (QED) is 0.598. The van der Waals surface area contributed by atoms with Crippen LogP contribution in [0, 0.1) is 5.92 Å². The summed E-state index contributed by atoms with van der Waals surface area (Å²) in [6.45, 7) is 4.14. The van der Waals surface area contributed by atoms with Crippen LogP contribution in [0.15, 0.2) is 11.6 Å². The smallest absolute Gasteiger partial charge is 0.331 e. The van der Waals surface area contributed by atoms with Crippen LogP contribution in [0.1, 0.15) is 20.3 Å². The summed E-state index contributed by atoms with van der Waals surface area (Å²) in [5.41, 5.74) is 5.76. The van der Waals surface area contributed by atoms with Crippen molar-refractivity contribution in [1.29, 1.82) is 0 Å². The van der Waals surface area contributed by atoms with E-state index in [1.54, 1.807) is 13.0 Å². The van der Waals surface area contributed by atoms with Crippen LogP contribution in [0.2, 0.25) is 0 Å². The first-order valence-electron chi connectivity index (χ1n) is 3.73. The van der Waals surface area contributed by atoms with Crippen LogP contribution in [0.5, 0.6) is 0 Å². The Bertz CT molecular complexity index is 163. The number of hydrogen-bond acceptors (Lipinski definition) is 2. The molecule has 0 radical (unpaired) electrons. The van der Waals surface area contributed by atoms with E-state index in [1.165, 1.54) is 0 Å². The molecule has 0 saturated heterocycles. The van der Waals surface area contributed by atoms with Gasteiger partial charge in [0, 0.05) is 5.57 Å². The molecule has 0 aliphatic carbocycles. The topological polar surface area (TPSA) is 63.3 Å². The fourth-order valence-corrected chi connectivity index (χ4v) is 1.02. The maximum Gasteiger partial charge on any atom is 0.331 e. The molecule has 0 bridgehead atoms. The molecule has 0 amide bonds. The van der Waals surface area contributed by atoms with E-state index in [0.717, 1.165) is 6.42 Å². The molecule has 3 N–H and O–H groups in total. The zero-order valence-corrected chi connectivity index (χ0v) is 7.00. The van der Waals surface area contributed by atoms with Crippen LogP contribution in [-0.2, 0) is 4.79 Å². The SMILES string of the molecule is CC=C(C(=O)O)C(C)CCN. The van der Waals surface area contributed by atoms with E-state index in [1.807, 2.05) is 6.92 Å². The predicted molar refractivity (Wildman–Crippen MR) is 44.2 cm³/mol. The van der Waals surface area contributed by atoms with Gasteiger partial charge in [-0.2, -0.15) is 0 Å². The molecule has 0 spiro atoms. The number of carboxylic acids is 1. The highest BCUT2D eigenvalue weighted by Crippen LogP contribution is 2.13. The Morgan fingerprint density at radius 3 is 2.55 bits per heavy atom. The number of hydrogen-bond donors (Lipinski definition) is 2. The van der Waals surface area contributed by atoms with Crippen LogP contribution < -0.4 is 5.73 Å². The van der Waals surface area contributed by atoms with Crippen LogP contribution in [0.25, 0.3) is 0 Å². The number of carbonyl (C=O) groups is 1. The molecule has 0 fully saturated rings. The molecule has 0 saturated carbocycles. The Kier molecular flexibility index (Phi) is 4.54. The Morgan fingerprint density at radius 2 is 2.27 bits per heavy atom. The molecule has 3 nitrogen and oxygen atoms in total. The molecular weight excluding hydrogens is 142 g/mol. The lowest BCUT2D eigenvalue weighted by Gasteiger charge is -2.09. The van der Waals surface area contributed by atoms with Crippen molar-refractivity contribution in [2.24, 2.45) is 11.7 Å². The summed E-state index contributed by atoms with van der Waals surface area (Å²) in [5, 5.41) is 8.66. The van der Waals surface area contributed by atoms with Gasteiger partial charge >= 0.3 is 5.97 Å². The lowest BCUT2D eigenvalue weighted by Crippen LogP contribution is -2.13. The number of rotatable bonds is 4. The summed E-state index contributed by atoms with van der Waals surface area (Å²) in [6, 6.07) is 0. The largest absolute Gasteiger partial charge is 0.478 e. The van der Waals surface area contributed by atoms with Crippen molar-refractivity contribution < 1.29 is 9.90 Å². The lowest BCUT2D eigenvalue weighted by molar-refractivity contribution is -0.133. The highest BCUT2D eigenvalue weighted by Gasteiger charge is 2.13. The fraction of sp³-hybridized carbons (Fsp3) is 0.625. The third kappa shape index (κ3) is 3.18. The van der Waals surface area contributed by atoms with Gasteiger partial charge < -0.3 is 10.8 Å². The van der Waals surface area contributed by atoms with Crippen molar-refractivity contribution in [3.05, 3.63) is 11.6 Å². The van der Waals surface area contributed by atoms with Gasteiger partial charge in [-0.15, -0.1) is 0 Å². The molecule has 1 unspecified atom stereocenters. The van der Waals surface area contributed by atoms with Gasteiger partial charge in [0.1, 0.15) is 0 Å². The number of carboxylic acid groups (broad SMARTS) is 1. The minimum absolute atomic E-state index is 0.0579. The van der Waals surface area contributed by atoms with E-state index in [0.29, 0.717) is 12.1 Å². The maximum atomic E-state index is 10.5. The van der Waals surface area contributed by atoms with Gasteiger partial charge in [0.25, 0.3) is 0 Å². The molecule has 11 heavy (non-hydrogen) atoms. The standard InChI is InChI=1S/C8H15NO2/c1-3-7(8(10)11)6(2)4-5-9/h3,6H,4-5,9H2,1-2H3,(H,10,11). The minimum Gasteiger partial charge on any atom is -0.478 e. The summed E-state index contributed by atoms with van der Waals surface area (Å²) in [5.74, 6) is -0.782. The van der Waals surface area contributed by atoms with Crippen LogP contribution in [0.3, 0.4) is 0 Å². The monoisotopic (exact) mass is 157 g/mol. The molecule has 3 heteroatoms. The molecular formula is C8H15NO2. The van der Waals surface area contributed by atoms with Gasteiger partial charge in [0.2, 0.25) is 0 Å². The number of allylic oxidation sites excluding steroid dienone is 1. The summed E-state index contributed by atoms with van der Waals surface area (Å²) in [4.78, 5) is 10.5. The van der Waals surface area contributed by atoms with Gasteiger partial charge in [0.15, 0.2) is 0 Å². The van der Waals surface area contributed by atoms with Crippen molar-refractivity contribution >= 4 is 5.97 Å². The lowest BCUT2D eigenvalue weighted by atomic mass is 9.98.